The molecule has 0 atom stereocenters. The first-order chi connectivity index (χ1) is 5.27. The topological polar surface area (TPSA) is 25.8 Å². The molecule has 1 aromatic heterocycles. The predicted octanol–water partition coefficient (Wildman–Crippen LogP) is 2.59. The zero-order valence-electron chi connectivity index (χ0n) is 5.21. The number of nitrogens with zero attached hydrogens (tertiary/aromatic N) is 2. The van der Waals surface area contributed by atoms with Gasteiger partial charge in [-0.05, 0) is 22.0 Å². The second kappa shape index (κ2) is 2.49. The lowest BCUT2D eigenvalue weighted by Gasteiger charge is -1.90. The Balaban J connectivity index is 2.91. The molecular formula is C6H2BrFN2S. The molecule has 2 nitrogen and oxygen atoms in total. The summed E-state index contributed by atoms with van der Waals surface area (Å²) >= 11 is 4.27. The van der Waals surface area contributed by atoms with Crippen LogP contribution in [0.25, 0.3) is 11.0 Å². The van der Waals surface area contributed by atoms with Gasteiger partial charge >= 0.3 is 0 Å². The van der Waals surface area contributed by atoms with Crippen molar-refractivity contribution in [3.05, 3.63) is 22.4 Å². The van der Waals surface area contributed by atoms with Gasteiger partial charge in [0, 0.05) is 10.5 Å². The fraction of sp³-hybridized carbons (Fsp3) is 0. The van der Waals surface area contributed by atoms with Crippen molar-refractivity contribution in [1.29, 1.82) is 0 Å². The standard InChI is InChI=1S/C6H2BrFN2S/c7-4-1-3(8)2-5-6(4)10-11-9-5/h1-2H. The van der Waals surface area contributed by atoms with Gasteiger partial charge < -0.3 is 0 Å². The van der Waals surface area contributed by atoms with Crippen LogP contribution in [0.1, 0.15) is 0 Å². The summed E-state index contributed by atoms with van der Waals surface area (Å²) in [5.41, 5.74) is 1.32. The first-order valence-electron chi connectivity index (χ1n) is 2.85. The molecule has 56 valence electrons. The molecule has 1 aromatic carbocycles. The molecule has 1 heterocycles. The number of fused-ring (bicyclic) bond motifs is 1. The summed E-state index contributed by atoms with van der Waals surface area (Å²) in [6.07, 6.45) is 0. The highest BCUT2D eigenvalue weighted by molar-refractivity contribution is 9.10. The molecular weight excluding hydrogens is 231 g/mol. The van der Waals surface area contributed by atoms with Crippen molar-refractivity contribution in [3.63, 3.8) is 0 Å². The number of hydrogen-bond donors (Lipinski definition) is 0. The zero-order chi connectivity index (χ0) is 7.84. The Morgan fingerprint density at radius 1 is 1.36 bits per heavy atom. The van der Waals surface area contributed by atoms with Gasteiger partial charge in [0.15, 0.2) is 0 Å². The molecule has 0 saturated carbocycles. The van der Waals surface area contributed by atoms with Gasteiger partial charge in [-0.3, -0.25) is 0 Å². The number of rotatable bonds is 0. The minimum Gasteiger partial charge on any atom is -0.207 e. The van der Waals surface area contributed by atoms with Crippen molar-refractivity contribution >= 4 is 38.7 Å². The molecule has 2 rings (SSSR count). The highest BCUT2D eigenvalue weighted by Gasteiger charge is 2.04. The highest BCUT2D eigenvalue weighted by Crippen LogP contribution is 2.23. The molecule has 11 heavy (non-hydrogen) atoms. The molecule has 0 aliphatic rings. The average molecular weight is 233 g/mol. The number of benzene rings is 1. The maximum Gasteiger partial charge on any atom is 0.126 e. The molecule has 2 aromatic rings. The van der Waals surface area contributed by atoms with Crippen LogP contribution in [0.3, 0.4) is 0 Å². The summed E-state index contributed by atoms with van der Waals surface area (Å²) in [5, 5.41) is 0. The molecule has 0 spiro atoms. The Hall–Kier alpha value is -0.550. The van der Waals surface area contributed by atoms with Crippen molar-refractivity contribution in [2.24, 2.45) is 0 Å². The number of hydrogen-bond acceptors (Lipinski definition) is 3. The highest BCUT2D eigenvalue weighted by atomic mass is 79.9. The summed E-state index contributed by atoms with van der Waals surface area (Å²) in [7, 11) is 0. The van der Waals surface area contributed by atoms with Gasteiger partial charge in [0.1, 0.15) is 16.9 Å². The SMILES string of the molecule is Fc1cc(Br)c2nsnc2c1. The maximum atomic E-state index is 12.7. The molecule has 0 saturated heterocycles. The fourth-order valence-electron chi connectivity index (χ4n) is 0.818. The van der Waals surface area contributed by atoms with Crippen LogP contribution in [0.15, 0.2) is 16.6 Å². The van der Waals surface area contributed by atoms with Gasteiger partial charge in [-0.2, -0.15) is 8.75 Å². The minimum absolute atomic E-state index is 0.294. The smallest absolute Gasteiger partial charge is 0.126 e. The van der Waals surface area contributed by atoms with E-state index in [4.69, 9.17) is 0 Å². The molecule has 0 N–H and O–H groups in total. The average Bonchev–Trinajstić information content (AvgIpc) is 2.34. The third-order valence-electron chi connectivity index (χ3n) is 1.28. The largest absolute Gasteiger partial charge is 0.207 e. The number of halogens is 2. The van der Waals surface area contributed by atoms with Crippen LogP contribution < -0.4 is 0 Å². The van der Waals surface area contributed by atoms with Crippen molar-refractivity contribution in [2.75, 3.05) is 0 Å². The van der Waals surface area contributed by atoms with Crippen molar-refractivity contribution in [2.45, 2.75) is 0 Å². The summed E-state index contributed by atoms with van der Waals surface area (Å²) in [6.45, 7) is 0. The van der Waals surface area contributed by atoms with Crippen LogP contribution in [-0.4, -0.2) is 8.75 Å². The van der Waals surface area contributed by atoms with Gasteiger partial charge in [-0.25, -0.2) is 4.39 Å². The number of aromatic nitrogens is 2. The molecule has 0 bridgehead atoms. The van der Waals surface area contributed by atoms with E-state index in [-0.39, 0.29) is 5.82 Å². The third-order valence-corrected chi connectivity index (χ3v) is 2.43. The van der Waals surface area contributed by atoms with E-state index in [2.05, 4.69) is 24.7 Å². The summed E-state index contributed by atoms with van der Waals surface area (Å²) < 4.78 is 21.2. The van der Waals surface area contributed by atoms with E-state index >= 15 is 0 Å². The van der Waals surface area contributed by atoms with Crippen LogP contribution in [0.4, 0.5) is 4.39 Å². The molecule has 0 unspecified atom stereocenters. The molecule has 0 fully saturated rings. The van der Waals surface area contributed by atoms with Gasteiger partial charge in [0.25, 0.3) is 0 Å². The molecule has 5 heteroatoms. The summed E-state index contributed by atoms with van der Waals surface area (Å²) in [4.78, 5) is 0. The Morgan fingerprint density at radius 3 is 3.00 bits per heavy atom. The van der Waals surface area contributed by atoms with E-state index in [0.717, 1.165) is 17.2 Å². The second-order valence-corrected chi connectivity index (χ2v) is 3.40. The predicted molar refractivity (Wildman–Crippen MR) is 45.1 cm³/mol. The minimum atomic E-state index is -0.294. The Kier molecular flexibility index (Phi) is 1.61. The van der Waals surface area contributed by atoms with Crippen molar-refractivity contribution in [3.8, 4) is 0 Å². The van der Waals surface area contributed by atoms with E-state index in [1.165, 1.54) is 12.1 Å². The van der Waals surface area contributed by atoms with Crippen molar-refractivity contribution in [1.82, 2.24) is 8.75 Å². The molecule has 0 aliphatic heterocycles. The first-order valence-corrected chi connectivity index (χ1v) is 4.37. The molecule has 0 amide bonds. The van der Waals surface area contributed by atoms with Gasteiger partial charge in [-0.1, -0.05) is 0 Å². The normalized spacial score (nSPS) is 10.7. The lowest BCUT2D eigenvalue weighted by atomic mass is 10.3. The summed E-state index contributed by atoms with van der Waals surface area (Å²) in [5.74, 6) is -0.294. The second-order valence-electron chi connectivity index (χ2n) is 2.02. The fourth-order valence-corrected chi connectivity index (χ4v) is 1.99. The Morgan fingerprint density at radius 2 is 2.18 bits per heavy atom. The van der Waals surface area contributed by atoms with Crippen LogP contribution >= 0.6 is 27.7 Å². The van der Waals surface area contributed by atoms with E-state index in [9.17, 15) is 4.39 Å². The van der Waals surface area contributed by atoms with Gasteiger partial charge in [-0.15, -0.1) is 0 Å². The monoisotopic (exact) mass is 232 g/mol. The zero-order valence-corrected chi connectivity index (χ0v) is 7.62. The molecule has 0 aliphatic carbocycles. The van der Waals surface area contributed by atoms with E-state index in [0.29, 0.717) is 9.99 Å². The summed E-state index contributed by atoms with van der Waals surface area (Å²) in [6, 6.07) is 2.74. The van der Waals surface area contributed by atoms with E-state index < -0.39 is 0 Å². The quantitative estimate of drug-likeness (QED) is 0.698. The van der Waals surface area contributed by atoms with Crippen LogP contribution in [0.2, 0.25) is 0 Å². The van der Waals surface area contributed by atoms with Crippen LogP contribution in [0.5, 0.6) is 0 Å². The first kappa shape index (κ1) is 7.12. The van der Waals surface area contributed by atoms with Crippen LogP contribution in [0, 0.1) is 5.82 Å². The lowest BCUT2D eigenvalue weighted by Crippen LogP contribution is -1.76. The maximum absolute atomic E-state index is 12.7. The lowest BCUT2D eigenvalue weighted by molar-refractivity contribution is 0.628. The van der Waals surface area contributed by atoms with Crippen molar-refractivity contribution < 1.29 is 4.39 Å². The van der Waals surface area contributed by atoms with Gasteiger partial charge in [0.05, 0.1) is 11.7 Å². The Bertz CT molecular complexity index is 400. The van der Waals surface area contributed by atoms with Gasteiger partial charge in [0.2, 0.25) is 0 Å². The molecule has 0 radical (unpaired) electrons. The van der Waals surface area contributed by atoms with E-state index in [1.54, 1.807) is 0 Å². The van der Waals surface area contributed by atoms with E-state index in [1.807, 2.05) is 0 Å². The van der Waals surface area contributed by atoms with Crippen LogP contribution in [-0.2, 0) is 0 Å². The third kappa shape index (κ3) is 1.14. The Labute approximate surface area is 74.5 Å².